The molecule has 2 N–H and O–H groups in total. The number of rotatable bonds is 4. The number of aromatic carboxylic acids is 1. The van der Waals surface area contributed by atoms with Gasteiger partial charge >= 0.3 is 5.97 Å². The van der Waals surface area contributed by atoms with Crippen LogP contribution in [0.15, 0.2) is 42.5 Å². The van der Waals surface area contributed by atoms with E-state index in [0.717, 1.165) is 0 Å². The standard InChI is InChI=1S/C15H11Cl2NO3/c16-10-5-6-13(12(17)8-10)18-14(19)7-9-3-1-2-4-11(9)15(20)21/h1-6,8H,7H2,(H,18,19)(H,20,21). The summed E-state index contributed by atoms with van der Waals surface area (Å²) < 4.78 is 0. The highest BCUT2D eigenvalue weighted by atomic mass is 35.5. The first-order valence-corrected chi connectivity index (χ1v) is 6.79. The van der Waals surface area contributed by atoms with E-state index in [-0.39, 0.29) is 17.9 Å². The minimum atomic E-state index is -1.07. The van der Waals surface area contributed by atoms with Crippen LogP contribution in [0.2, 0.25) is 10.0 Å². The number of halogens is 2. The van der Waals surface area contributed by atoms with Gasteiger partial charge < -0.3 is 10.4 Å². The van der Waals surface area contributed by atoms with Gasteiger partial charge in [0.2, 0.25) is 5.91 Å². The van der Waals surface area contributed by atoms with Crippen molar-refractivity contribution in [3.8, 4) is 0 Å². The fraction of sp³-hybridized carbons (Fsp3) is 0.0667. The molecule has 0 aliphatic carbocycles. The summed E-state index contributed by atoms with van der Waals surface area (Å²) in [6.07, 6.45) is -0.0541. The maximum atomic E-state index is 12.0. The molecule has 2 aromatic rings. The Morgan fingerprint density at radius 2 is 1.81 bits per heavy atom. The molecule has 0 spiro atoms. The van der Waals surface area contributed by atoms with E-state index in [1.165, 1.54) is 12.1 Å². The molecule has 0 unspecified atom stereocenters. The van der Waals surface area contributed by atoms with Crippen molar-refractivity contribution in [2.45, 2.75) is 6.42 Å². The fourth-order valence-electron chi connectivity index (χ4n) is 1.84. The Bertz CT molecular complexity index is 701. The summed E-state index contributed by atoms with van der Waals surface area (Å²) >= 11 is 11.7. The van der Waals surface area contributed by atoms with Gasteiger partial charge in [0.15, 0.2) is 0 Å². The number of carbonyl (C=O) groups excluding carboxylic acids is 1. The Morgan fingerprint density at radius 3 is 2.48 bits per heavy atom. The Labute approximate surface area is 131 Å². The number of nitrogens with one attached hydrogen (secondary N) is 1. The number of hydrogen-bond acceptors (Lipinski definition) is 2. The number of carbonyl (C=O) groups is 2. The van der Waals surface area contributed by atoms with Gasteiger partial charge in [-0.05, 0) is 29.8 Å². The third-order valence-electron chi connectivity index (χ3n) is 2.80. The molecule has 6 heteroatoms. The predicted octanol–water partition coefficient (Wildman–Crippen LogP) is 3.87. The van der Waals surface area contributed by atoms with Crippen LogP contribution < -0.4 is 5.32 Å². The maximum absolute atomic E-state index is 12.0. The van der Waals surface area contributed by atoms with Crippen molar-refractivity contribution >= 4 is 40.8 Å². The van der Waals surface area contributed by atoms with E-state index in [9.17, 15) is 9.59 Å². The first kappa shape index (κ1) is 15.4. The second-order valence-corrected chi connectivity index (χ2v) is 5.16. The molecule has 0 atom stereocenters. The van der Waals surface area contributed by atoms with Crippen LogP contribution in [0.4, 0.5) is 5.69 Å². The highest BCUT2D eigenvalue weighted by Gasteiger charge is 2.13. The zero-order valence-corrected chi connectivity index (χ0v) is 12.3. The molecule has 0 aliphatic heterocycles. The van der Waals surface area contributed by atoms with Crippen molar-refractivity contribution in [2.24, 2.45) is 0 Å². The Hall–Kier alpha value is -2.04. The SMILES string of the molecule is O=C(Cc1ccccc1C(=O)O)Nc1ccc(Cl)cc1Cl. The normalized spacial score (nSPS) is 10.2. The van der Waals surface area contributed by atoms with Crippen LogP contribution in [0.3, 0.4) is 0 Å². The van der Waals surface area contributed by atoms with E-state index in [1.54, 1.807) is 30.3 Å². The van der Waals surface area contributed by atoms with Crippen LogP contribution in [0.25, 0.3) is 0 Å². The molecule has 0 saturated heterocycles. The molecule has 0 saturated carbocycles. The summed E-state index contributed by atoms with van der Waals surface area (Å²) in [7, 11) is 0. The molecule has 0 radical (unpaired) electrons. The van der Waals surface area contributed by atoms with Gasteiger partial charge in [-0.1, -0.05) is 41.4 Å². The zero-order valence-electron chi connectivity index (χ0n) is 10.8. The third kappa shape index (κ3) is 3.97. The quantitative estimate of drug-likeness (QED) is 0.897. The first-order valence-electron chi connectivity index (χ1n) is 6.03. The molecule has 0 aliphatic rings. The van der Waals surface area contributed by atoms with Crippen molar-refractivity contribution < 1.29 is 14.7 Å². The molecule has 0 fully saturated rings. The van der Waals surface area contributed by atoms with Crippen molar-refractivity contribution in [2.75, 3.05) is 5.32 Å². The van der Waals surface area contributed by atoms with E-state index in [1.807, 2.05) is 0 Å². The molecule has 21 heavy (non-hydrogen) atoms. The summed E-state index contributed by atoms with van der Waals surface area (Å²) in [4.78, 5) is 23.1. The minimum absolute atomic E-state index is 0.0541. The van der Waals surface area contributed by atoms with Crippen LogP contribution in [0, 0.1) is 0 Å². The lowest BCUT2D eigenvalue weighted by Crippen LogP contribution is -2.16. The molecule has 0 aromatic heterocycles. The number of benzene rings is 2. The molecule has 2 rings (SSSR count). The van der Waals surface area contributed by atoms with Crippen LogP contribution in [-0.2, 0) is 11.2 Å². The molecule has 1 amide bonds. The molecular weight excluding hydrogens is 313 g/mol. The fourth-order valence-corrected chi connectivity index (χ4v) is 2.30. The van der Waals surface area contributed by atoms with Crippen LogP contribution in [-0.4, -0.2) is 17.0 Å². The van der Waals surface area contributed by atoms with E-state index < -0.39 is 5.97 Å². The van der Waals surface area contributed by atoms with Gasteiger partial charge in [-0.25, -0.2) is 4.79 Å². The number of anilines is 1. The smallest absolute Gasteiger partial charge is 0.335 e. The molecule has 4 nitrogen and oxygen atoms in total. The number of carboxylic acids is 1. The largest absolute Gasteiger partial charge is 0.478 e. The lowest BCUT2D eigenvalue weighted by molar-refractivity contribution is -0.115. The summed E-state index contributed by atoms with van der Waals surface area (Å²) in [6.45, 7) is 0. The monoisotopic (exact) mass is 323 g/mol. The summed E-state index contributed by atoms with van der Waals surface area (Å²) in [5.41, 5.74) is 0.973. The first-order chi connectivity index (χ1) is 9.97. The predicted molar refractivity (Wildman–Crippen MR) is 82.2 cm³/mol. The summed E-state index contributed by atoms with van der Waals surface area (Å²) in [6, 6.07) is 11.1. The van der Waals surface area contributed by atoms with Crippen LogP contribution in [0.5, 0.6) is 0 Å². The molecule has 2 aromatic carbocycles. The van der Waals surface area contributed by atoms with Crippen molar-refractivity contribution in [1.82, 2.24) is 0 Å². The third-order valence-corrected chi connectivity index (χ3v) is 3.35. The Kier molecular flexibility index (Phi) is 4.83. The minimum Gasteiger partial charge on any atom is -0.478 e. The lowest BCUT2D eigenvalue weighted by Gasteiger charge is -2.09. The van der Waals surface area contributed by atoms with Crippen molar-refractivity contribution in [1.29, 1.82) is 0 Å². The van der Waals surface area contributed by atoms with Gasteiger partial charge in [-0.3, -0.25) is 4.79 Å². The highest BCUT2D eigenvalue weighted by Crippen LogP contribution is 2.25. The number of hydrogen-bond donors (Lipinski definition) is 2. The second-order valence-electron chi connectivity index (χ2n) is 4.31. The van der Waals surface area contributed by atoms with Gasteiger partial charge in [0.05, 0.1) is 22.7 Å². The Morgan fingerprint density at radius 1 is 1.10 bits per heavy atom. The lowest BCUT2D eigenvalue weighted by atomic mass is 10.0. The average Bonchev–Trinajstić information content (AvgIpc) is 2.42. The molecule has 0 bridgehead atoms. The molecule has 108 valence electrons. The van der Waals surface area contributed by atoms with E-state index in [0.29, 0.717) is 21.3 Å². The van der Waals surface area contributed by atoms with Crippen LogP contribution in [0.1, 0.15) is 15.9 Å². The van der Waals surface area contributed by atoms with Crippen molar-refractivity contribution in [3.05, 3.63) is 63.6 Å². The average molecular weight is 324 g/mol. The van der Waals surface area contributed by atoms with Gasteiger partial charge in [0.25, 0.3) is 0 Å². The van der Waals surface area contributed by atoms with Crippen LogP contribution >= 0.6 is 23.2 Å². The van der Waals surface area contributed by atoms with Gasteiger partial charge in [-0.15, -0.1) is 0 Å². The second kappa shape index (κ2) is 6.61. The van der Waals surface area contributed by atoms with Gasteiger partial charge in [-0.2, -0.15) is 0 Å². The van der Waals surface area contributed by atoms with Gasteiger partial charge in [0.1, 0.15) is 0 Å². The van der Waals surface area contributed by atoms with E-state index >= 15 is 0 Å². The molecule has 0 heterocycles. The topological polar surface area (TPSA) is 66.4 Å². The van der Waals surface area contributed by atoms with E-state index in [4.69, 9.17) is 28.3 Å². The number of amides is 1. The summed E-state index contributed by atoms with van der Waals surface area (Å²) in [5.74, 6) is -1.42. The van der Waals surface area contributed by atoms with E-state index in [2.05, 4.69) is 5.32 Å². The zero-order chi connectivity index (χ0) is 15.4. The maximum Gasteiger partial charge on any atom is 0.335 e. The Balaban J connectivity index is 2.14. The highest BCUT2D eigenvalue weighted by molar-refractivity contribution is 6.36. The number of carboxylic acid groups (broad SMARTS) is 1. The van der Waals surface area contributed by atoms with Crippen molar-refractivity contribution in [3.63, 3.8) is 0 Å². The summed E-state index contributed by atoms with van der Waals surface area (Å²) in [5, 5.41) is 12.5. The molecular formula is C15H11Cl2NO3. The van der Waals surface area contributed by atoms with Gasteiger partial charge in [0, 0.05) is 5.02 Å².